The van der Waals surface area contributed by atoms with Gasteiger partial charge in [0, 0.05) is 12.3 Å². The van der Waals surface area contributed by atoms with E-state index < -0.39 is 27.1 Å². The summed E-state index contributed by atoms with van der Waals surface area (Å²) in [4.78, 5) is 12.4. The van der Waals surface area contributed by atoms with Gasteiger partial charge in [0.05, 0.1) is 28.9 Å². The molecule has 1 N–H and O–H groups in total. The summed E-state index contributed by atoms with van der Waals surface area (Å²) in [5.41, 5.74) is -1.61. The summed E-state index contributed by atoms with van der Waals surface area (Å²) < 4.78 is 61.7. The van der Waals surface area contributed by atoms with E-state index in [1.165, 1.54) is 18.3 Å². The molecule has 1 aromatic heterocycles. The molecule has 0 aliphatic rings. The third-order valence-corrected chi connectivity index (χ3v) is 5.00. The maximum Gasteiger partial charge on any atom is 0.416 e. The zero-order chi connectivity index (χ0) is 20.4. The minimum atomic E-state index is -4.56. The molecule has 11 heteroatoms. The minimum Gasteiger partial charge on any atom is -0.380 e. The van der Waals surface area contributed by atoms with E-state index in [2.05, 4.69) is 10.4 Å². The second kappa shape index (κ2) is 7.89. The highest BCUT2D eigenvalue weighted by Gasteiger charge is 2.30. The van der Waals surface area contributed by atoms with Crippen LogP contribution in [-0.4, -0.2) is 36.2 Å². The number of alkyl halides is 3. The van der Waals surface area contributed by atoms with Gasteiger partial charge < -0.3 is 5.32 Å². The van der Waals surface area contributed by atoms with Gasteiger partial charge in [0.15, 0.2) is 0 Å². The lowest BCUT2D eigenvalue weighted by atomic mass is 10.2. The van der Waals surface area contributed by atoms with Gasteiger partial charge in [0.2, 0.25) is 0 Å². The molecule has 0 bridgehead atoms. The molecule has 1 atom stereocenters. The van der Waals surface area contributed by atoms with Crippen LogP contribution in [0.3, 0.4) is 0 Å². The van der Waals surface area contributed by atoms with Crippen molar-refractivity contribution in [2.45, 2.75) is 25.6 Å². The Bertz CT molecular complexity index is 990. The Morgan fingerprint density at radius 2 is 2.00 bits per heavy atom. The molecule has 0 aliphatic heterocycles. The van der Waals surface area contributed by atoms with E-state index in [1.54, 1.807) is 6.92 Å². The van der Waals surface area contributed by atoms with Gasteiger partial charge in [-0.3, -0.25) is 4.79 Å². The summed E-state index contributed by atoms with van der Waals surface area (Å²) >= 11 is 6.04. The van der Waals surface area contributed by atoms with Gasteiger partial charge in [-0.05, 0) is 31.5 Å². The first-order chi connectivity index (χ1) is 12.4. The van der Waals surface area contributed by atoms with Crippen LogP contribution in [0.1, 0.15) is 18.9 Å². The number of sulfone groups is 1. The number of anilines is 1. The number of benzene rings is 1. The molecule has 0 saturated heterocycles. The molecule has 148 valence electrons. The Morgan fingerprint density at radius 1 is 1.33 bits per heavy atom. The monoisotopic (exact) mass is 423 g/mol. The van der Waals surface area contributed by atoms with E-state index in [4.69, 9.17) is 11.6 Å². The molecule has 1 unspecified atom stereocenters. The first kappa shape index (κ1) is 21.2. The van der Waals surface area contributed by atoms with Crippen molar-refractivity contribution >= 4 is 27.1 Å². The van der Waals surface area contributed by atoms with Crippen molar-refractivity contribution in [2.75, 3.05) is 17.3 Å². The van der Waals surface area contributed by atoms with Crippen LogP contribution >= 0.6 is 11.6 Å². The standard InChI is InChI=1S/C16H17ClF3N3O3S/c1-10(6-7-27(2,25)26)22-13-9-21-23(15(24)14(13)17)12-5-3-4-11(8-12)16(18,19)20/h3-5,8-10,22H,6-7H2,1-2H3. The lowest BCUT2D eigenvalue weighted by Gasteiger charge is -2.16. The summed E-state index contributed by atoms with van der Waals surface area (Å²) in [6.45, 7) is 1.71. The predicted octanol–water partition coefficient (Wildman–Crippen LogP) is 3.14. The summed E-state index contributed by atoms with van der Waals surface area (Å²) in [5.74, 6) is -0.0481. The number of aromatic nitrogens is 2. The summed E-state index contributed by atoms with van der Waals surface area (Å²) in [5, 5.41) is 6.50. The van der Waals surface area contributed by atoms with Crippen molar-refractivity contribution in [3.8, 4) is 5.69 Å². The van der Waals surface area contributed by atoms with Crippen molar-refractivity contribution in [1.82, 2.24) is 9.78 Å². The van der Waals surface area contributed by atoms with E-state index >= 15 is 0 Å². The maximum absolute atomic E-state index is 12.8. The van der Waals surface area contributed by atoms with Crippen molar-refractivity contribution in [3.63, 3.8) is 0 Å². The number of nitrogens with zero attached hydrogens (tertiary/aromatic N) is 2. The molecule has 27 heavy (non-hydrogen) atoms. The fraction of sp³-hybridized carbons (Fsp3) is 0.375. The van der Waals surface area contributed by atoms with Gasteiger partial charge in [-0.2, -0.15) is 23.0 Å². The fourth-order valence-corrected chi connectivity index (χ4v) is 3.22. The van der Waals surface area contributed by atoms with Crippen LogP contribution in [0.25, 0.3) is 5.69 Å². The van der Waals surface area contributed by atoms with E-state index in [0.717, 1.165) is 23.1 Å². The van der Waals surface area contributed by atoms with Crippen LogP contribution in [0, 0.1) is 0 Å². The van der Waals surface area contributed by atoms with E-state index in [0.29, 0.717) is 0 Å². The van der Waals surface area contributed by atoms with Gasteiger partial charge in [-0.25, -0.2) is 8.42 Å². The molecule has 1 heterocycles. The number of hydrogen-bond acceptors (Lipinski definition) is 5. The molecule has 1 aromatic carbocycles. The Hall–Kier alpha value is -2.07. The van der Waals surface area contributed by atoms with Gasteiger partial charge in [-0.15, -0.1) is 0 Å². The van der Waals surface area contributed by atoms with Crippen molar-refractivity contribution in [1.29, 1.82) is 0 Å². The highest BCUT2D eigenvalue weighted by atomic mass is 35.5. The zero-order valence-corrected chi connectivity index (χ0v) is 16.0. The van der Waals surface area contributed by atoms with E-state index in [1.807, 2.05) is 0 Å². The molecule has 6 nitrogen and oxygen atoms in total. The first-order valence-electron chi connectivity index (χ1n) is 7.78. The van der Waals surface area contributed by atoms with Crippen molar-refractivity contribution < 1.29 is 21.6 Å². The van der Waals surface area contributed by atoms with Crippen molar-refractivity contribution in [3.05, 3.63) is 51.4 Å². The smallest absolute Gasteiger partial charge is 0.380 e. The maximum atomic E-state index is 12.8. The summed E-state index contributed by atoms with van der Waals surface area (Å²) in [6, 6.07) is 3.84. The summed E-state index contributed by atoms with van der Waals surface area (Å²) in [6.07, 6.45) is -1.95. The molecular weight excluding hydrogens is 407 g/mol. The molecule has 0 radical (unpaired) electrons. The highest BCUT2D eigenvalue weighted by molar-refractivity contribution is 7.90. The van der Waals surface area contributed by atoms with E-state index in [-0.39, 0.29) is 34.6 Å². The first-order valence-corrected chi connectivity index (χ1v) is 10.2. The van der Waals surface area contributed by atoms with E-state index in [9.17, 15) is 26.4 Å². The van der Waals surface area contributed by atoms with Crippen molar-refractivity contribution in [2.24, 2.45) is 0 Å². The van der Waals surface area contributed by atoms with Gasteiger partial charge >= 0.3 is 6.18 Å². The largest absolute Gasteiger partial charge is 0.416 e. The molecule has 0 aliphatic carbocycles. The molecule has 0 saturated carbocycles. The Labute approximate surface area is 158 Å². The quantitative estimate of drug-likeness (QED) is 0.772. The number of hydrogen-bond donors (Lipinski definition) is 1. The average molecular weight is 424 g/mol. The van der Waals surface area contributed by atoms with Crippen LogP contribution in [0.5, 0.6) is 0 Å². The van der Waals surface area contributed by atoms with Gasteiger partial charge in [0.25, 0.3) is 5.56 Å². The van der Waals surface area contributed by atoms with Crippen LogP contribution in [0.15, 0.2) is 35.3 Å². The van der Waals surface area contributed by atoms with Crippen LogP contribution in [0.4, 0.5) is 18.9 Å². The zero-order valence-electron chi connectivity index (χ0n) is 14.4. The molecule has 0 amide bonds. The third-order valence-electron chi connectivity index (χ3n) is 3.66. The van der Waals surface area contributed by atoms with Crippen LogP contribution in [0.2, 0.25) is 5.02 Å². The normalized spacial score (nSPS) is 13.4. The Morgan fingerprint density at radius 3 is 2.59 bits per heavy atom. The molecule has 0 spiro atoms. The predicted molar refractivity (Wildman–Crippen MR) is 97.3 cm³/mol. The number of rotatable bonds is 6. The minimum absolute atomic E-state index is 0.0481. The lowest BCUT2D eigenvalue weighted by Crippen LogP contribution is -2.26. The Kier molecular flexibility index (Phi) is 6.21. The lowest BCUT2D eigenvalue weighted by molar-refractivity contribution is -0.137. The van der Waals surface area contributed by atoms with Crippen LogP contribution in [-0.2, 0) is 16.0 Å². The highest BCUT2D eigenvalue weighted by Crippen LogP contribution is 2.30. The Balaban J connectivity index is 2.29. The fourth-order valence-electron chi connectivity index (χ4n) is 2.26. The third kappa shape index (κ3) is 5.70. The molecule has 2 aromatic rings. The second-order valence-electron chi connectivity index (χ2n) is 6.10. The summed E-state index contributed by atoms with van der Waals surface area (Å²) in [7, 11) is -3.14. The average Bonchev–Trinajstić information content (AvgIpc) is 2.56. The number of nitrogens with one attached hydrogen (secondary N) is 1. The molecular formula is C16H17ClF3N3O3S. The SMILES string of the molecule is CC(CCS(C)(=O)=O)Nc1cnn(-c2cccc(C(F)(F)F)c2)c(=O)c1Cl. The van der Waals surface area contributed by atoms with Gasteiger partial charge in [-0.1, -0.05) is 17.7 Å². The second-order valence-corrected chi connectivity index (χ2v) is 8.74. The van der Waals surface area contributed by atoms with Gasteiger partial charge in [0.1, 0.15) is 14.9 Å². The topological polar surface area (TPSA) is 81.1 Å². The molecule has 2 rings (SSSR count). The molecule has 0 fully saturated rings. The van der Waals surface area contributed by atoms with Crippen LogP contribution < -0.4 is 10.9 Å². The number of halogens is 4.